The minimum absolute atomic E-state index is 0.518. The number of hydrogen-bond acceptors (Lipinski definition) is 4. The van der Waals surface area contributed by atoms with Crippen molar-refractivity contribution in [3.8, 4) is 11.5 Å². The van der Waals surface area contributed by atoms with E-state index >= 15 is 0 Å². The third kappa shape index (κ3) is 5.06. The van der Waals surface area contributed by atoms with E-state index in [1.54, 1.807) is 7.11 Å². The van der Waals surface area contributed by atoms with Crippen molar-refractivity contribution in [1.29, 1.82) is 0 Å². The predicted molar refractivity (Wildman–Crippen MR) is 67.7 cm³/mol. The Hall–Kier alpha value is -1.26. The first kappa shape index (κ1) is 13.8. The number of hydrogen-bond donors (Lipinski definition) is 1. The highest BCUT2D eigenvalue weighted by Crippen LogP contribution is 2.27. The summed E-state index contributed by atoms with van der Waals surface area (Å²) in [5.74, 6) is 1.51. The normalized spacial score (nSPS) is 10.3. The van der Waals surface area contributed by atoms with E-state index in [1.807, 2.05) is 25.1 Å². The molecule has 0 fully saturated rings. The second kappa shape index (κ2) is 7.92. The zero-order valence-electron chi connectivity index (χ0n) is 10.6. The van der Waals surface area contributed by atoms with Gasteiger partial charge in [-0.25, -0.2) is 0 Å². The van der Waals surface area contributed by atoms with E-state index in [0.717, 1.165) is 23.5 Å². The van der Waals surface area contributed by atoms with E-state index in [-0.39, 0.29) is 0 Å². The molecule has 1 aromatic carbocycles. The standard InChI is InChI=1S/C13H21NO3/c1-11-4-5-12(13(10-11)15-2)17-9-8-16-7-3-6-14/h4-5,10H,3,6-9,14H2,1-2H3. The first-order valence-electron chi connectivity index (χ1n) is 5.83. The van der Waals surface area contributed by atoms with Crippen LogP contribution in [0.1, 0.15) is 12.0 Å². The fourth-order valence-corrected chi connectivity index (χ4v) is 1.39. The van der Waals surface area contributed by atoms with Gasteiger partial charge in [0.15, 0.2) is 11.5 Å². The minimum Gasteiger partial charge on any atom is -0.493 e. The summed E-state index contributed by atoms with van der Waals surface area (Å²) in [5, 5.41) is 0. The molecule has 0 saturated carbocycles. The summed E-state index contributed by atoms with van der Waals surface area (Å²) in [6, 6.07) is 5.85. The van der Waals surface area contributed by atoms with Crippen LogP contribution < -0.4 is 15.2 Å². The highest BCUT2D eigenvalue weighted by Gasteiger charge is 2.03. The maximum absolute atomic E-state index is 5.58. The molecule has 4 heteroatoms. The second-order valence-corrected chi connectivity index (χ2v) is 3.76. The molecule has 0 aliphatic carbocycles. The Labute approximate surface area is 103 Å². The van der Waals surface area contributed by atoms with E-state index in [1.165, 1.54) is 0 Å². The first-order valence-corrected chi connectivity index (χ1v) is 5.83. The van der Waals surface area contributed by atoms with Gasteiger partial charge >= 0.3 is 0 Å². The Morgan fingerprint density at radius 1 is 1.12 bits per heavy atom. The van der Waals surface area contributed by atoms with Gasteiger partial charge in [-0.05, 0) is 37.6 Å². The van der Waals surface area contributed by atoms with Crippen molar-refractivity contribution in [1.82, 2.24) is 0 Å². The highest BCUT2D eigenvalue weighted by atomic mass is 16.5. The van der Waals surface area contributed by atoms with Gasteiger partial charge in [0.1, 0.15) is 6.61 Å². The summed E-state index contributed by atoms with van der Waals surface area (Å²) in [6.07, 6.45) is 0.883. The zero-order chi connectivity index (χ0) is 12.5. The van der Waals surface area contributed by atoms with Gasteiger partial charge in [-0.15, -0.1) is 0 Å². The summed E-state index contributed by atoms with van der Waals surface area (Å²) in [5.41, 5.74) is 6.51. The van der Waals surface area contributed by atoms with Crippen molar-refractivity contribution >= 4 is 0 Å². The maximum Gasteiger partial charge on any atom is 0.161 e. The summed E-state index contributed by atoms with van der Waals surface area (Å²) < 4.78 is 16.2. The molecule has 0 atom stereocenters. The molecule has 1 rings (SSSR count). The van der Waals surface area contributed by atoms with Gasteiger partial charge in [0.2, 0.25) is 0 Å². The van der Waals surface area contributed by atoms with Crippen molar-refractivity contribution in [2.24, 2.45) is 5.73 Å². The summed E-state index contributed by atoms with van der Waals surface area (Å²) in [7, 11) is 1.64. The SMILES string of the molecule is COc1cc(C)ccc1OCCOCCCN. The molecular weight excluding hydrogens is 218 g/mol. The van der Waals surface area contributed by atoms with Gasteiger partial charge in [0.25, 0.3) is 0 Å². The molecule has 1 aromatic rings. The Kier molecular flexibility index (Phi) is 6.43. The molecular formula is C13H21NO3. The van der Waals surface area contributed by atoms with E-state index < -0.39 is 0 Å². The molecule has 0 spiro atoms. The van der Waals surface area contributed by atoms with Gasteiger partial charge in [-0.1, -0.05) is 6.07 Å². The molecule has 96 valence electrons. The van der Waals surface area contributed by atoms with Crippen LogP contribution in [0.15, 0.2) is 18.2 Å². The van der Waals surface area contributed by atoms with Crippen LogP contribution in [-0.4, -0.2) is 33.5 Å². The van der Waals surface area contributed by atoms with Crippen LogP contribution in [0.4, 0.5) is 0 Å². The molecule has 0 aliphatic heterocycles. The molecule has 0 aromatic heterocycles. The Bertz CT molecular complexity index is 328. The van der Waals surface area contributed by atoms with Gasteiger partial charge in [0, 0.05) is 6.61 Å². The summed E-state index contributed by atoms with van der Waals surface area (Å²) in [6.45, 7) is 4.45. The van der Waals surface area contributed by atoms with Crippen molar-refractivity contribution < 1.29 is 14.2 Å². The quantitative estimate of drug-likeness (QED) is 0.702. The largest absolute Gasteiger partial charge is 0.493 e. The van der Waals surface area contributed by atoms with Crippen molar-refractivity contribution in [3.05, 3.63) is 23.8 Å². The molecule has 0 unspecified atom stereocenters. The number of benzene rings is 1. The van der Waals surface area contributed by atoms with Crippen LogP contribution >= 0.6 is 0 Å². The Morgan fingerprint density at radius 2 is 1.94 bits per heavy atom. The number of nitrogens with two attached hydrogens (primary N) is 1. The van der Waals surface area contributed by atoms with Crippen molar-refractivity contribution in [2.45, 2.75) is 13.3 Å². The monoisotopic (exact) mass is 239 g/mol. The number of rotatable bonds is 8. The van der Waals surface area contributed by atoms with E-state index in [2.05, 4.69) is 0 Å². The molecule has 0 amide bonds. The lowest BCUT2D eigenvalue weighted by Crippen LogP contribution is -2.10. The van der Waals surface area contributed by atoms with Crippen LogP contribution in [0, 0.1) is 6.92 Å². The molecule has 0 aliphatic rings. The van der Waals surface area contributed by atoms with Crippen molar-refractivity contribution in [3.63, 3.8) is 0 Å². The average molecular weight is 239 g/mol. The first-order chi connectivity index (χ1) is 8.27. The lowest BCUT2D eigenvalue weighted by atomic mass is 10.2. The van der Waals surface area contributed by atoms with E-state index in [9.17, 15) is 0 Å². The Balaban J connectivity index is 2.31. The number of ether oxygens (including phenoxy) is 3. The number of aryl methyl sites for hydroxylation is 1. The average Bonchev–Trinajstić information content (AvgIpc) is 2.35. The third-order valence-electron chi connectivity index (χ3n) is 2.30. The lowest BCUT2D eigenvalue weighted by molar-refractivity contribution is 0.0984. The van der Waals surface area contributed by atoms with Crippen LogP contribution in [0.5, 0.6) is 11.5 Å². The number of methoxy groups -OCH3 is 1. The van der Waals surface area contributed by atoms with Crippen molar-refractivity contribution in [2.75, 3.05) is 33.5 Å². The van der Waals surface area contributed by atoms with Crippen LogP contribution in [0.2, 0.25) is 0 Å². The molecule has 4 nitrogen and oxygen atoms in total. The third-order valence-corrected chi connectivity index (χ3v) is 2.30. The fraction of sp³-hybridized carbons (Fsp3) is 0.538. The molecule has 17 heavy (non-hydrogen) atoms. The van der Waals surface area contributed by atoms with Crippen LogP contribution in [-0.2, 0) is 4.74 Å². The van der Waals surface area contributed by atoms with E-state index in [4.69, 9.17) is 19.9 Å². The van der Waals surface area contributed by atoms with Gasteiger partial charge in [-0.3, -0.25) is 0 Å². The van der Waals surface area contributed by atoms with Gasteiger partial charge in [0.05, 0.1) is 13.7 Å². The Morgan fingerprint density at radius 3 is 2.65 bits per heavy atom. The highest BCUT2D eigenvalue weighted by molar-refractivity contribution is 5.42. The van der Waals surface area contributed by atoms with Gasteiger partial charge < -0.3 is 19.9 Å². The molecule has 0 heterocycles. The summed E-state index contributed by atoms with van der Waals surface area (Å²) in [4.78, 5) is 0. The fourth-order valence-electron chi connectivity index (χ4n) is 1.39. The van der Waals surface area contributed by atoms with Crippen LogP contribution in [0.3, 0.4) is 0 Å². The maximum atomic E-state index is 5.58. The second-order valence-electron chi connectivity index (χ2n) is 3.76. The summed E-state index contributed by atoms with van der Waals surface area (Å²) >= 11 is 0. The van der Waals surface area contributed by atoms with E-state index in [0.29, 0.717) is 26.4 Å². The topological polar surface area (TPSA) is 53.7 Å². The molecule has 0 bridgehead atoms. The molecule has 0 radical (unpaired) electrons. The smallest absolute Gasteiger partial charge is 0.161 e. The minimum atomic E-state index is 0.518. The molecule has 0 saturated heterocycles. The lowest BCUT2D eigenvalue weighted by Gasteiger charge is -2.11. The zero-order valence-corrected chi connectivity index (χ0v) is 10.6. The molecule has 2 N–H and O–H groups in total. The predicted octanol–water partition coefficient (Wildman–Crippen LogP) is 1.75. The van der Waals surface area contributed by atoms with Crippen LogP contribution in [0.25, 0.3) is 0 Å². The van der Waals surface area contributed by atoms with Gasteiger partial charge in [-0.2, -0.15) is 0 Å².